The Labute approximate surface area is 141 Å². The van der Waals surface area contributed by atoms with Gasteiger partial charge in [-0.15, -0.1) is 0 Å². The Hall–Kier alpha value is -2.37. The zero-order valence-corrected chi connectivity index (χ0v) is 13.7. The summed E-state index contributed by atoms with van der Waals surface area (Å²) in [5.41, 5.74) is 10.2. The molecule has 2 heterocycles. The van der Waals surface area contributed by atoms with E-state index in [1.54, 1.807) is 6.07 Å². The average molecular weight is 322 g/mol. The van der Waals surface area contributed by atoms with Crippen LogP contribution in [0.5, 0.6) is 5.75 Å². The molecule has 0 saturated carbocycles. The first-order valence-corrected chi connectivity index (χ1v) is 8.35. The van der Waals surface area contributed by atoms with Crippen molar-refractivity contribution >= 4 is 11.5 Å². The minimum absolute atomic E-state index is 0.0648. The lowest BCUT2D eigenvalue weighted by Gasteiger charge is -2.32. The normalized spacial score (nSPS) is 23.5. The molecule has 0 spiro atoms. The minimum atomic E-state index is -0.0648. The van der Waals surface area contributed by atoms with Gasteiger partial charge in [-0.05, 0) is 37.1 Å². The molecule has 124 valence electrons. The topological polar surface area (TPSA) is 73.9 Å². The fraction of sp³-hybridized carbons (Fsp3) is 0.316. The SMILES string of the molecule is Cc1ccc2c(c1)NC(c1ccccc1O)=NC2N1CC[C@@H](N)C1. The summed E-state index contributed by atoms with van der Waals surface area (Å²) in [4.78, 5) is 7.24. The monoisotopic (exact) mass is 322 g/mol. The molecule has 0 amide bonds. The van der Waals surface area contributed by atoms with Crippen LogP contribution < -0.4 is 11.1 Å². The molecule has 4 N–H and O–H groups in total. The molecule has 0 aromatic heterocycles. The van der Waals surface area contributed by atoms with Gasteiger partial charge in [-0.25, -0.2) is 4.99 Å². The summed E-state index contributed by atoms with van der Waals surface area (Å²) in [6.45, 7) is 3.86. The predicted molar refractivity (Wildman–Crippen MR) is 96.4 cm³/mol. The first-order chi connectivity index (χ1) is 11.6. The summed E-state index contributed by atoms with van der Waals surface area (Å²) < 4.78 is 0. The van der Waals surface area contributed by atoms with Gasteiger partial charge >= 0.3 is 0 Å². The number of phenolic OH excluding ortho intramolecular Hbond substituents is 1. The van der Waals surface area contributed by atoms with Gasteiger partial charge in [0.15, 0.2) is 0 Å². The number of fused-ring (bicyclic) bond motifs is 1. The fourth-order valence-electron chi connectivity index (χ4n) is 3.48. The van der Waals surface area contributed by atoms with E-state index in [0.29, 0.717) is 5.84 Å². The Bertz CT molecular complexity index is 802. The number of hydrogen-bond donors (Lipinski definition) is 3. The van der Waals surface area contributed by atoms with Gasteiger partial charge in [-0.2, -0.15) is 0 Å². The van der Waals surface area contributed by atoms with Crippen molar-refractivity contribution < 1.29 is 5.11 Å². The second-order valence-corrected chi connectivity index (χ2v) is 6.63. The molecule has 1 saturated heterocycles. The third-order valence-electron chi connectivity index (χ3n) is 4.75. The Kier molecular flexibility index (Phi) is 3.75. The maximum absolute atomic E-state index is 10.2. The third-order valence-corrected chi connectivity index (χ3v) is 4.75. The molecular formula is C19H22N4O. The molecule has 5 nitrogen and oxygen atoms in total. The number of nitrogens with zero attached hydrogens (tertiary/aromatic N) is 2. The van der Waals surface area contributed by atoms with Crippen LogP contribution >= 0.6 is 0 Å². The lowest BCUT2D eigenvalue weighted by atomic mass is 10.0. The summed E-state index contributed by atoms with van der Waals surface area (Å²) in [5, 5.41) is 13.6. The van der Waals surface area contributed by atoms with E-state index >= 15 is 0 Å². The van der Waals surface area contributed by atoms with Crippen LogP contribution in [0, 0.1) is 6.92 Å². The molecule has 2 aliphatic heterocycles. The van der Waals surface area contributed by atoms with Gasteiger partial charge in [0.05, 0.1) is 5.56 Å². The zero-order valence-electron chi connectivity index (χ0n) is 13.7. The van der Waals surface area contributed by atoms with Crippen molar-refractivity contribution in [2.75, 3.05) is 18.4 Å². The van der Waals surface area contributed by atoms with Gasteiger partial charge in [-0.1, -0.05) is 24.3 Å². The number of rotatable bonds is 2. The maximum atomic E-state index is 10.2. The Balaban J connectivity index is 1.79. The summed E-state index contributed by atoms with van der Waals surface area (Å²) in [5.74, 6) is 0.938. The second-order valence-electron chi connectivity index (χ2n) is 6.63. The van der Waals surface area contributed by atoms with E-state index in [-0.39, 0.29) is 18.0 Å². The van der Waals surface area contributed by atoms with Crippen molar-refractivity contribution in [1.82, 2.24) is 4.90 Å². The van der Waals surface area contributed by atoms with Crippen molar-refractivity contribution in [1.29, 1.82) is 0 Å². The maximum Gasteiger partial charge on any atom is 0.138 e. The third kappa shape index (κ3) is 2.66. The van der Waals surface area contributed by atoms with E-state index in [0.717, 1.165) is 36.3 Å². The molecule has 0 aliphatic carbocycles. The van der Waals surface area contributed by atoms with Crippen molar-refractivity contribution in [3.63, 3.8) is 0 Å². The number of nitrogens with two attached hydrogens (primary N) is 1. The second kappa shape index (κ2) is 5.92. The van der Waals surface area contributed by atoms with E-state index in [9.17, 15) is 5.11 Å². The molecule has 5 heteroatoms. The lowest BCUT2D eigenvalue weighted by Crippen LogP contribution is -2.33. The molecule has 1 unspecified atom stereocenters. The highest BCUT2D eigenvalue weighted by Gasteiger charge is 2.32. The number of aliphatic imine (C=N–C) groups is 1. The summed E-state index contributed by atoms with van der Waals surface area (Å²) in [7, 11) is 0. The van der Waals surface area contributed by atoms with E-state index in [2.05, 4.69) is 35.3 Å². The number of anilines is 1. The fourth-order valence-corrected chi connectivity index (χ4v) is 3.48. The van der Waals surface area contributed by atoms with Crippen molar-refractivity contribution in [2.24, 2.45) is 10.7 Å². The highest BCUT2D eigenvalue weighted by molar-refractivity contribution is 6.11. The van der Waals surface area contributed by atoms with Crippen LogP contribution in [0.1, 0.15) is 29.3 Å². The smallest absolute Gasteiger partial charge is 0.138 e. The number of nitrogens with one attached hydrogen (secondary N) is 1. The molecule has 2 atom stereocenters. The predicted octanol–water partition coefficient (Wildman–Crippen LogP) is 2.60. The van der Waals surface area contributed by atoms with Gasteiger partial charge in [0.2, 0.25) is 0 Å². The van der Waals surface area contributed by atoms with Crippen LogP contribution in [-0.2, 0) is 0 Å². The molecule has 2 aromatic carbocycles. The molecule has 2 aromatic rings. The molecule has 0 radical (unpaired) electrons. The molecule has 0 bridgehead atoms. The standard InChI is InChI=1S/C19H22N4O/c1-12-6-7-14-16(10-12)21-18(15-4-2-3-5-17(15)24)22-19(14)23-9-8-13(20)11-23/h2-7,10,13,19,24H,8-9,11,20H2,1H3,(H,21,22)/t13-,19?/m1/s1. The molecule has 24 heavy (non-hydrogen) atoms. The quantitative estimate of drug-likeness (QED) is 0.794. The van der Waals surface area contributed by atoms with E-state index in [1.807, 2.05) is 18.2 Å². The van der Waals surface area contributed by atoms with Gasteiger partial charge in [0.1, 0.15) is 17.8 Å². The molecule has 1 fully saturated rings. The Morgan fingerprint density at radius 2 is 2.08 bits per heavy atom. The number of amidine groups is 1. The number of aryl methyl sites for hydroxylation is 1. The van der Waals surface area contributed by atoms with E-state index in [1.165, 1.54) is 5.56 Å². The molecular weight excluding hydrogens is 300 g/mol. The summed E-state index contributed by atoms with van der Waals surface area (Å²) >= 11 is 0. The highest BCUT2D eigenvalue weighted by atomic mass is 16.3. The summed E-state index contributed by atoms with van der Waals surface area (Å²) in [6.07, 6.45) is 0.928. The number of likely N-dealkylation sites (tertiary alicyclic amines) is 1. The number of phenols is 1. The van der Waals surface area contributed by atoms with Crippen molar-refractivity contribution in [3.8, 4) is 5.75 Å². The van der Waals surface area contributed by atoms with Crippen LogP contribution in [0.2, 0.25) is 0 Å². The van der Waals surface area contributed by atoms with Gasteiger partial charge in [0, 0.05) is 30.4 Å². The van der Waals surface area contributed by atoms with Crippen molar-refractivity contribution in [3.05, 3.63) is 59.2 Å². The number of benzene rings is 2. The molecule has 2 aliphatic rings. The number of para-hydroxylation sites is 1. The molecule has 4 rings (SSSR count). The van der Waals surface area contributed by atoms with Crippen LogP contribution in [-0.4, -0.2) is 35.0 Å². The minimum Gasteiger partial charge on any atom is -0.507 e. The van der Waals surface area contributed by atoms with Gasteiger partial charge in [0.25, 0.3) is 0 Å². The Morgan fingerprint density at radius 1 is 1.25 bits per heavy atom. The van der Waals surface area contributed by atoms with Crippen LogP contribution in [0.25, 0.3) is 0 Å². The number of aromatic hydroxyl groups is 1. The number of hydrogen-bond acceptors (Lipinski definition) is 5. The van der Waals surface area contributed by atoms with Gasteiger partial charge < -0.3 is 16.2 Å². The first kappa shape index (κ1) is 15.2. The lowest BCUT2D eigenvalue weighted by molar-refractivity contribution is 0.250. The van der Waals surface area contributed by atoms with Crippen molar-refractivity contribution in [2.45, 2.75) is 25.6 Å². The zero-order chi connectivity index (χ0) is 16.7. The van der Waals surface area contributed by atoms with E-state index in [4.69, 9.17) is 10.7 Å². The van der Waals surface area contributed by atoms with Crippen LogP contribution in [0.3, 0.4) is 0 Å². The largest absolute Gasteiger partial charge is 0.507 e. The highest BCUT2D eigenvalue weighted by Crippen LogP contribution is 2.36. The average Bonchev–Trinajstić information content (AvgIpc) is 3.00. The summed E-state index contributed by atoms with van der Waals surface area (Å²) in [6, 6.07) is 13.9. The van der Waals surface area contributed by atoms with E-state index < -0.39 is 0 Å². The first-order valence-electron chi connectivity index (χ1n) is 8.35. The van der Waals surface area contributed by atoms with Gasteiger partial charge in [-0.3, -0.25) is 4.90 Å². The van der Waals surface area contributed by atoms with Crippen LogP contribution in [0.4, 0.5) is 5.69 Å². The Morgan fingerprint density at radius 3 is 2.83 bits per heavy atom. The van der Waals surface area contributed by atoms with Crippen LogP contribution in [0.15, 0.2) is 47.5 Å².